The lowest BCUT2D eigenvalue weighted by Crippen LogP contribution is -2.46. The first kappa shape index (κ1) is 18.6. The Bertz CT molecular complexity index is 662. The summed E-state index contributed by atoms with van der Waals surface area (Å²) in [6.07, 6.45) is 3.22. The summed E-state index contributed by atoms with van der Waals surface area (Å²) in [5.74, 6) is -0.629. The fraction of sp³-hybridized carbons (Fsp3) is 0.316. The number of hydrogen-bond acceptors (Lipinski definition) is 4. The molecule has 25 heavy (non-hydrogen) atoms. The van der Waals surface area contributed by atoms with Gasteiger partial charge in [-0.05, 0) is 37.0 Å². The largest absolute Gasteiger partial charge is 0.396 e. The van der Waals surface area contributed by atoms with E-state index < -0.39 is 6.04 Å². The Kier molecular flexibility index (Phi) is 7.59. The van der Waals surface area contributed by atoms with Crippen molar-refractivity contribution in [1.82, 2.24) is 15.6 Å². The van der Waals surface area contributed by atoms with Gasteiger partial charge in [0.25, 0.3) is 5.91 Å². The molecule has 6 heteroatoms. The van der Waals surface area contributed by atoms with Crippen LogP contribution in [-0.2, 0) is 11.3 Å². The molecule has 0 aliphatic heterocycles. The fourth-order valence-electron chi connectivity index (χ4n) is 2.37. The third-order valence-electron chi connectivity index (χ3n) is 3.73. The minimum absolute atomic E-state index is 0.0620. The molecule has 0 aliphatic rings. The summed E-state index contributed by atoms with van der Waals surface area (Å²) in [7, 11) is 0. The van der Waals surface area contributed by atoms with Crippen molar-refractivity contribution in [2.45, 2.75) is 31.8 Å². The number of nitrogens with one attached hydrogen (secondary N) is 2. The van der Waals surface area contributed by atoms with Gasteiger partial charge >= 0.3 is 0 Å². The van der Waals surface area contributed by atoms with Crippen LogP contribution in [0.1, 0.15) is 35.3 Å². The average molecular weight is 341 g/mol. The van der Waals surface area contributed by atoms with Crippen molar-refractivity contribution in [2.24, 2.45) is 0 Å². The van der Waals surface area contributed by atoms with Gasteiger partial charge in [0.2, 0.25) is 5.91 Å². The molecule has 1 aromatic carbocycles. The lowest BCUT2D eigenvalue weighted by Gasteiger charge is -2.18. The van der Waals surface area contributed by atoms with Gasteiger partial charge in [-0.25, -0.2) is 0 Å². The van der Waals surface area contributed by atoms with Crippen LogP contribution >= 0.6 is 0 Å². The molecule has 2 rings (SSSR count). The van der Waals surface area contributed by atoms with Gasteiger partial charge in [-0.15, -0.1) is 0 Å². The van der Waals surface area contributed by atoms with E-state index in [1.165, 1.54) is 6.20 Å². The van der Waals surface area contributed by atoms with Gasteiger partial charge in [-0.1, -0.05) is 36.4 Å². The van der Waals surface area contributed by atoms with Gasteiger partial charge in [0.15, 0.2) is 0 Å². The SMILES string of the molecule is O=C(N[C@@H](CCCCO)C(=O)NCc1ccccc1)c1ccccn1. The van der Waals surface area contributed by atoms with Crippen LogP contribution in [0.4, 0.5) is 0 Å². The van der Waals surface area contributed by atoms with Crippen molar-refractivity contribution >= 4 is 11.8 Å². The number of aromatic nitrogens is 1. The number of aliphatic hydroxyl groups is 1. The fourth-order valence-corrected chi connectivity index (χ4v) is 2.37. The molecule has 0 saturated carbocycles. The third kappa shape index (κ3) is 6.35. The average Bonchev–Trinajstić information content (AvgIpc) is 2.67. The van der Waals surface area contributed by atoms with Crippen LogP contribution in [0.5, 0.6) is 0 Å². The van der Waals surface area contributed by atoms with E-state index in [0.29, 0.717) is 25.8 Å². The van der Waals surface area contributed by atoms with Gasteiger partial charge in [0.05, 0.1) is 0 Å². The minimum Gasteiger partial charge on any atom is -0.396 e. The molecule has 0 aliphatic carbocycles. The maximum Gasteiger partial charge on any atom is 0.270 e. The predicted octanol–water partition coefficient (Wildman–Crippen LogP) is 1.66. The predicted molar refractivity (Wildman–Crippen MR) is 94.7 cm³/mol. The zero-order chi connectivity index (χ0) is 17.9. The van der Waals surface area contributed by atoms with Crippen LogP contribution in [0.15, 0.2) is 54.7 Å². The van der Waals surface area contributed by atoms with E-state index in [1.54, 1.807) is 18.2 Å². The number of carbonyl (C=O) groups is 2. The van der Waals surface area contributed by atoms with Gasteiger partial charge in [0.1, 0.15) is 11.7 Å². The van der Waals surface area contributed by atoms with Gasteiger partial charge < -0.3 is 15.7 Å². The first-order valence-corrected chi connectivity index (χ1v) is 8.35. The van der Waals surface area contributed by atoms with Crippen LogP contribution in [0, 0.1) is 0 Å². The molecule has 0 bridgehead atoms. The summed E-state index contributed by atoms with van der Waals surface area (Å²) < 4.78 is 0. The number of benzene rings is 1. The van der Waals surface area contributed by atoms with Gasteiger partial charge in [0, 0.05) is 19.3 Å². The highest BCUT2D eigenvalue weighted by molar-refractivity contribution is 5.96. The molecule has 0 radical (unpaired) electrons. The van der Waals surface area contributed by atoms with Crippen molar-refractivity contribution in [1.29, 1.82) is 0 Å². The Labute approximate surface area is 147 Å². The molecule has 1 aromatic heterocycles. The molecular formula is C19H23N3O3. The zero-order valence-corrected chi connectivity index (χ0v) is 14.0. The van der Waals surface area contributed by atoms with Crippen molar-refractivity contribution in [3.05, 3.63) is 66.0 Å². The topological polar surface area (TPSA) is 91.3 Å². The van der Waals surface area contributed by atoms with E-state index in [9.17, 15) is 9.59 Å². The molecule has 3 N–H and O–H groups in total. The quantitative estimate of drug-likeness (QED) is 0.605. The molecule has 2 aromatic rings. The normalized spacial score (nSPS) is 11.6. The molecule has 6 nitrogen and oxygen atoms in total. The molecule has 1 atom stereocenters. The number of amides is 2. The number of pyridine rings is 1. The number of hydrogen-bond donors (Lipinski definition) is 3. The number of rotatable bonds is 9. The van der Waals surface area contributed by atoms with Crippen LogP contribution in [-0.4, -0.2) is 34.6 Å². The first-order chi connectivity index (χ1) is 12.2. The lowest BCUT2D eigenvalue weighted by atomic mass is 10.1. The van der Waals surface area contributed by atoms with E-state index >= 15 is 0 Å². The van der Waals surface area contributed by atoms with Gasteiger partial charge in [-0.2, -0.15) is 0 Å². The Balaban J connectivity index is 1.96. The lowest BCUT2D eigenvalue weighted by molar-refractivity contribution is -0.123. The second kappa shape index (κ2) is 10.2. The maximum absolute atomic E-state index is 12.5. The maximum atomic E-state index is 12.5. The van der Waals surface area contributed by atoms with Crippen molar-refractivity contribution in [2.75, 3.05) is 6.61 Å². The van der Waals surface area contributed by atoms with E-state index in [-0.39, 0.29) is 24.1 Å². The minimum atomic E-state index is -0.662. The third-order valence-corrected chi connectivity index (χ3v) is 3.73. The Morgan fingerprint density at radius 2 is 1.80 bits per heavy atom. The zero-order valence-electron chi connectivity index (χ0n) is 14.0. The molecule has 0 spiro atoms. The summed E-state index contributed by atoms with van der Waals surface area (Å²) in [4.78, 5) is 28.7. The van der Waals surface area contributed by atoms with E-state index in [0.717, 1.165) is 5.56 Å². The van der Waals surface area contributed by atoms with Crippen LogP contribution in [0.25, 0.3) is 0 Å². The van der Waals surface area contributed by atoms with E-state index in [1.807, 2.05) is 30.3 Å². The Hall–Kier alpha value is -2.73. The van der Waals surface area contributed by atoms with Crippen LogP contribution in [0.3, 0.4) is 0 Å². The number of nitrogens with zero attached hydrogens (tertiary/aromatic N) is 1. The molecule has 0 saturated heterocycles. The second-order valence-corrected chi connectivity index (χ2v) is 5.66. The molecule has 0 unspecified atom stereocenters. The van der Waals surface area contributed by atoms with Crippen LogP contribution < -0.4 is 10.6 Å². The molecule has 2 amide bonds. The summed E-state index contributed by atoms with van der Waals surface area (Å²) in [5, 5.41) is 14.5. The van der Waals surface area contributed by atoms with Crippen molar-refractivity contribution in [3.63, 3.8) is 0 Å². The Morgan fingerprint density at radius 1 is 1.04 bits per heavy atom. The monoisotopic (exact) mass is 341 g/mol. The first-order valence-electron chi connectivity index (χ1n) is 8.35. The molecule has 1 heterocycles. The number of unbranched alkanes of at least 4 members (excludes halogenated alkanes) is 1. The number of carbonyl (C=O) groups excluding carboxylic acids is 2. The highest BCUT2D eigenvalue weighted by atomic mass is 16.3. The number of aliphatic hydroxyl groups excluding tert-OH is 1. The van der Waals surface area contributed by atoms with Crippen LogP contribution in [0.2, 0.25) is 0 Å². The molecule has 132 valence electrons. The smallest absolute Gasteiger partial charge is 0.270 e. The summed E-state index contributed by atoms with van der Waals surface area (Å²) in [6.45, 7) is 0.460. The Morgan fingerprint density at radius 3 is 2.48 bits per heavy atom. The highest BCUT2D eigenvalue weighted by Gasteiger charge is 2.21. The molecule has 0 fully saturated rings. The van der Waals surface area contributed by atoms with Crippen molar-refractivity contribution < 1.29 is 14.7 Å². The van der Waals surface area contributed by atoms with Crippen molar-refractivity contribution in [3.8, 4) is 0 Å². The highest BCUT2D eigenvalue weighted by Crippen LogP contribution is 2.05. The summed E-state index contributed by atoms with van der Waals surface area (Å²) in [5.41, 5.74) is 1.26. The standard InChI is InChI=1S/C19H23N3O3/c23-13-7-5-11-17(22-19(25)16-10-4-6-12-20-16)18(24)21-14-15-8-2-1-3-9-15/h1-4,6,8-10,12,17,23H,5,7,11,13-14H2,(H,21,24)(H,22,25)/t17-/m0/s1. The summed E-state index contributed by atoms with van der Waals surface area (Å²) in [6, 6.07) is 14.0. The molecular weight excluding hydrogens is 318 g/mol. The summed E-state index contributed by atoms with van der Waals surface area (Å²) >= 11 is 0. The van der Waals surface area contributed by atoms with Gasteiger partial charge in [-0.3, -0.25) is 14.6 Å². The second-order valence-electron chi connectivity index (χ2n) is 5.66. The van der Waals surface area contributed by atoms with E-state index in [4.69, 9.17) is 5.11 Å². The van der Waals surface area contributed by atoms with E-state index in [2.05, 4.69) is 15.6 Å².